The predicted molar refractivity (Wildman–Crippen MR) is 119 cm³/mol. The van der Waals surface area contributed by atoms with Gasteiger partial charge in [-0.1, -0.05) is 32.6 Å². The highest BCUT2D eigenvalue weighted by atomic mass is 16.6. The predicted octanol–water partition coefficient (Wildman–Crippen LogP) is -0.220. The quantitative estimate of drug-likeness (QED) is 0.0975. The summed E-state index contributed by atoms with van der Waals surface area (Å²) in [5.74, 6) is -3.13. The molecule has 5 atom stereocenters. The molecule has 1 amide bonds. The highest BCUT2D eigenvalue weighted by Crippen LogP contribution is 2.26. The number of rotatable bonds is 14. The van der Waals surface area contributed by atoms with Gasteiger partial charge in [-0.2, -0.15) is 0 Å². The molecule has 33 heavy (non-hydrogen) atoms. The number of ether oxygens (including phenoxy) is 3. The van der Waals surface area contributed by atoms with Gasteiger partial charge < -0.3 is 41.2 Å². The molecule has 12 heteroatoms. The smallest absolute Gasteiger partial charge is 0.370 e. The molecule has 0 aromatic rings. The van der Waals surface area contributed by atoms with E-state index in [1.807, 2.05) is 0 Å². The second kappa shape index (κ2) is 14.3. The zero-order chi connectivity index (χ0) is 25.0. The minimum absolute atomic E-state index is 0.223. The zero-order valence-electron chi connectivity index (χ0n) is 19.4. The first kappa shape index (κ1) is 28.2. The van der Waals surface area contributed by atoms with E-state index in [0.29, 0.717) is 6.42 Å². The number of nitrogens with two attached hydrogens (primary N) is 2. The first-order valence-electron chi connectivity index (χ1n) is 10.9. The highest BCUT2D eigenvalue weighted by molar-refractivity contribution is 5.85. The van der Waals surface area contributed by atoms with Gasteiger partial charge in [0.15, 0.2) is 12.1 Å². The summed E-state index contributed by atoms with van der Waals surface area (Å²) in [7, 11) is 1.27. The van der Waals surface area contributed by atoms with Crippen molar-refractivity contribution in [1.82, 2.24) is 5.32 Å². The fraction of sp³-hybridized carbons (Fsp3) is 0.714. The van der Waals surface area contributed by atoms with Crippen LogP contribution in [-0.4, -0.2) is 78.1 Å². The lowest BCUT2D eigenvalue weighted by molar-refractivity contribution is -0.159. The molecule has 1 aliphatic heterocycles. The molecule has 0 aliphatic carbocycles. The molecule has 0 aromatic heterocycles. The Kier molecular flexibility index (Phi) is 12.2. The summed E-state index contributed by atoms with van der Waals surface area (Å²) in [6.07, 6.45) is 2.45. The van der Waals surface area contributed by atoms with Crippen molar-refractivity contribution in [2.45, 2.75) is 82.8 Å². The van der Waals surface area contributed by atoms with Gasteiger partial charge in [0.2, 0.25) is 11.7 Å². The van der Waals surface area contributed by atoms with Crippen LogP contribution in [0, 0.1) is 0 Å². The van der Waals surface area contributed by atoms with Crippen LogP contribution in [0.3, 0.4) is 0 Å². The molecule has 1 aliphatic rings. The number of hydrogen-bond donors (Lipinski definition) is 5. The molecule has 0 spiro atoms. The Morgan fingerprint density at radius 2 is 1.91 bits per heavy atom. The topological polar surface area (TPSA) is 196 Å². The average molecular weight is 473 g/mol. The van der Waals surface area contributed by atoms with Crippen LogP contribution in [0.4, 0.5) is 0 Å². The number of nitrogens with one attached hydrogen (secondary N) is 1. The Morgan fingerprint density at radius 1 is 1.24 bits per heavy atom. The molecular formula is C21H36N4O8. The molecule has 0 bridgehead atoms. The number of carboxylic acid groups (broad SMARTS) is 1. The molecule has 7 N–H and O–H groups in total. The molecule has 0 radical (unpaired) electrons. The summed E-state index contributed by atoms with van der Waals surface area (Å²) in [6, 6.07) is -1.97. The lowest BCUT2D eigenvalue weighted by atomic mass is 9.92. The number of aliphatic imine (C=N–C) groups is 1. The van der Waals surface area contributed by atoms with E-state index < -0.39 is 60.6 Å². The molecule has 188 valence electrons. The van der Waals surface area contributed by atoms with E-state index in [2.05, 4.69) is 17.2 Å². The molecule has 1 heterocycles. The third-order valence-electron chi connectivity index (χ3n) is 5.06. The number of carboxylic acids is 1. The van der Waals surface area contributed by atoms with Crippen LogP contribution in [0.25, 0.3) is 0 Å². The highest BCUT2D eigenvalue weighted by Gasteiger charge is 2.45. The summed E-state index contributed by atoms with van der Waals surface area (Å²) in [6.45, 7) is 2.95. The fourth-order valence-electron chi connectivity index (χ4n) is 3.53. The summed E-state index contributed by atoms with van der Waals surface area (Å²) in [5.41, 5.74) is 10.9. The Labute approximate surface area is 193 Å². The third kappa shape index (κ3) is 9.66. The van der Waals surface area contributed by atoms with Gasteiger partial charge >= 0.3 is 11.9 Å². The van der Waals surface area contributed by atoms with E-state index in [-0.39, 0.29) is 12.4 Å². The van der Waals surface area contributed by atoms with Crippen molar-refractivity contribution in [1.29, 1.82) is 0 Å². The number of nitrogens with zero attached hydrogens (tertiary/aromatic N) is 1. The summed E-state index contributed by atoms with van der Waals surface area (Å²) < 4.78 is 16.0. The number of hydrogen-bond acceptors (Lipinski definition) is 8. The number of aliphatic hydroxyl groups excluding tert-OH is 1. The van der Waals surface area contributed by atoms with Gasteiger partial charge in [0.25, 0.3) is 0 Å². The first-order valence-corrected chi connectivity index (χ1v) is 10.9. The van der Waals surface area contributed by atoms with Crippen LogP contribution in [0.2, 0.25) is 0 Å². The van der Waals surface area contributed by atoms with E-state index in [0.717, 1.165) is 31.8 Å². The largest absolute Gasteiger partial charge is 0.478 e. The number of amides is 1. The Morgan fingerprint density at radius 3 is 2.45 bits per heavy atom. The number of unbranched alkanes of at least 4 members (excludes halogenated alkanes) is 4. The molecule has 12 nitrogen and oxygen atoms in total. The third-order valence-corrected chi connectivity index (χ3v) is 5.06. The van der Waals surface area contributed by atoms with E-state index in [1.54, 1.807) is 0 Å². The van der Waals surface area contributed by atoms with Crippen LogP contribution in [0.15, 0.2) is 16.8 Å². The maximum atomic E-state index is 12.0. The molecule has 1 unspecified atom stereocenters. The molecule has 1 rings (SSSR count). The van der Waals surface area contributed by atoms with Crippen molar-refractivity contribution < 1.29 is 38.8 Å². The molecule has 0 aromatic carbocycles. The van der Waals surface area contributed by atoms with Crippen molar-refractivity contribution in [3.8, 4) is 0 Å². The SMILES string of the molecule is CCCCCCCC(=O)OC[C@@H](O)[C@@H](OC)C1OC(C(=O)O)=C[C@H](N=C(N)N)[C@H]1NC(C)=O. The van der Waals surface area contributed by atoms with Crippen LogP contribution in [0.1, 0.15) is 52.4 Å². The Bertz CT molecular complexity index is 723. The monoisotopic (exact) mass is 472 g/mol. The van der Waals surface area contributed by atoms with E-state index in [4.69, 9.17) is 25.7 Å². The molecule has 0 saturated carbocycles. The molecular weight excluding hydrogens is 436 g/mol. The number of guanidine groups is 1. The average Bonchev–Trinajstić information content (AvgIpc) is 2.73. The maximum absolute atomic E-state index is 12.0. The number of carbonyl (C=O) groups excluding carboxylic acids is 2. The number of esters is 1. The number of aliphatic hydroxyl groups is 1. The van der Waals surface area contributed by atoms with Crippen molar-refractivity contribution in [3.05, 3.63) is 11.8 Å². The first-order chi connectivity index (χ1) is 15.6. The molecule has 0 fully saturated rings. The minimum atomic E-state index is -1.39. The lowest BCUT2D eigenvalue weighted by Crippen LogP contribution is -2.60. The van der Waals surface area contributed by atoms with Crippen LogP contribution >= 0.6 is 0 Å². The van der Waals surface area contributed by atoms with Gasteiger partial charge in [-0.15, -0.1) is 0 Å². The number of aliphatic carboxylic acids is 1. The standard InChI is InChI=1S/C21H36N4O8/c1-4-5-6-7-8-9-16(28)32-11-14(27)18(31-3)19-17(24-12(2)26)13(25-21(22)23)10-15(33-19)20(29)30/h10,13-14,17-19,27H,4-9,11H2,1-3H3,(H,24,26)(H,29,30)(H4,22,23,25)/t13-,14+,17+,18+,19?/m0/s1. The maximum Gasteiger partial charge on any atom is 0.370 e. The second-order valence-corrected chi connectivity index (χ2v) is 7.80. The van der Waals surface area contributed by atoms with Crippen molar-refractivity contribution >= 4 is 23.8 Å². The zero-order valence-corrected chi connectivity index (χ0v) is 19.4. The van der Waals surface area contributed by atoms with Crippen molar-refractivity contribution in [2.75, 3.05) is 13.7 Å². The lowest BCUT2D eigenvalue weighted by Gasteiger charge is -2.40. The van der Waals surface area contributed by atoms with Crippen LogP contribution < -0.4 is 16.8 Å². The minimum Gasteiger partial charge on any atom is -0.478 e. The van der Waals surface area contributed by atoms with Gasteiger partial charge in [-0.3, -0.25) is 9.59 Å². The fourth-order valence-corrected chi connectivity index (χ4v) is 3.53. The second-order valence-electron chi connectivity index (χ2n) is 7.80. The number of methoxy groups -OCH3 is 1. The summed E-state index contributed by atoms with van der Waals surface area (Å²) in [5, 5.41) is 22.7. The van der Waals surface area contributed by atoms with Crippen LogP contribution in [0.5, 0.6) is 0 Å². The van der Waals surface area contributed by atoms with Gasteiger partial charge in [0.05, 0.1) is 12.1 Å². The summed E-state index contributed by atoms with van der Waals surface area (Å²) in [4.78, 5) is 39.3. The van der Waals surface area contributed by atoms with Gasteiger partial charge in [0.1, 0.15) is 18.8 Å². The van der Waals surface area contributed by atoms with E-state index in [1.165, 1.54) is 14.0 Å². The number of carbonyl (C=O) groups is 3. The Hall–Kier alpha value is -2.86. The van der Waals surface area contributed by atoms with Gasteiger partial charge in [-0.25, -0.2) is 9.79 Å². The van der Waals surface area contributed by atoms with Gasteiger partial charge in [0, 0.05) is 20.5 Å². The summed E-state index contributed by atoms with van der Waals surface area (Å²) >= 11 is 0. The van der Waals surface area contributed by atoms with E-state index >= 15 is 0 Å². The Balaban J connectivity index is 2.94. The van der Waals surface area contributed by atoms with E-state index in [9.17, 15) is 24.6 Å². The molecule has 0 saturated heterocycles. The van der Waals surface area contributed by atoms with Crippen LogP contribution in [-0.2, 0) is 28.6 Å². The van der Waals surface area contributed by atoms with Crippen molar-refractivity contribution in [3.63, 3.8) is 0 Å². The normalized spacial score (nSPS) is 21.7. The van der Waals surface area contributed by atoms with Gasteiger partial charge in [-0.05, 0) is 12.5 Å². The van der Waals surface area contributed by atoms with Crippen molar-refractivity contribution in [2.24, 2.45) is 16.5 Å².